The Labute approximate surface area is 175 Å². The van der Waals surface area contributed by atoms with Crippen LogP contribution in [0.1, 0.15) is 22.8 Å². The summed E-state index contributed by atoms with van der Waals surface area (Å²) in [5.74, 6) is -0.431. The zero-order chi connectivity index (χ0) is 21.0. The molecule has 2 aromatic carbocycles. The second-order valence-electron chi connectivity index (χ2n) is 6.75. The fourth-order valence-corrected chi connectivity index (χ4v) is 4.67. The van der Waals surface area contributed by atoms with Crippen molar-refractivity contribution in [1.82, 2.24) is 14.5 Å². The van der Waals surface area contributed by atoms with Crippen LogP contribution in [0.5, 0.6) is 0 Å². The first-order valence-corrected chi connectivity index (χ1v) is 11.0. The van der Waals surface area contributed by atoms with E-state index in [1.54, 1.807) is 29.2 Å². The zero-order valence-corrected chi connectivity index (χ0v) is 17.5. The molecule has 2 amide bonds. The van der Waals surface area contributed by atoms with E-state index in [-0.39, 0.29) is 35.4 Å². The van der Waals surface area contributed by atoms with Crippen molar-refractivity contribution in [1.29, 1.82) is 0 Å². The Morgan fingerprint density at radius 2 is 1.69 bits per heavy atom. The Kier molecular flexibility index (Phi) is 6.56. The van der Waals surface area contributed by atoms with Gasteiger partial charge in [-0.3, -0.25) is 9.59 Å². The molecule has 29 heavy (non-hydrogen) atoms. The molecule has 1 N–H and O–H groups in total. The number of carbonyl (C=O) groups excluding carboxylic acids is 2. The SMILES string of the molecule is CC(=O)N1CCN(S(=O)(=O)c2cccc(C(=O)NCc3ccc(Cl)cc3)c2)CC1. The van der Waals surface area contributed by atoms with Gasteiger partial charge in [0.25, 0.3) is 5.91 Å². The summed E-state index contributed by atoms with van der Waals surface area (Å²) in [5.41, 5.74) is 1.15. The topological polar surface area (TPSA) is 86.8 Å². The maximum Gasteiger partial charge on any atom is 0.251 e. The number of hydrogen-bond donors (Lipinski definition) is 1. The van der Waals surface area contributed by atoms with Crippen LogP contribution >= 0.6 is 11.6 Å². The minimum Gasteiger partial charge on any atom is -0.348 e. The maximum absolute atomic E-state index is 12.9. The molecule has 9 heteroatoms. The molecule has 0 atom stereocenters. The smallest absolute Gasteiger partial charge is 0.251 e. The first kappa shape index (κ1) is 21.3. The first-order valence-electron chi connectivity index (χ1n) is 9.16. The van der Waals surface area contributed by atoms with Gasteiger partial charge in [-0.1, -0.05) is 29.8 Å². The standard InChI is InChI=1S/C20H22ClN3O4S/c1-15(25)23-9-11-24(12-10-23)29(27,28)19-4-2-3-17(13-19)20(26)22-14-16-5-7-18(21)8-6-16/h2-8,13H,9-12,14H2,1H3,(H,22,26). The van der Waals surface area contributed by atoms with Crippen LogP contribution in [0.3, 0.4) is 0 Å². The lowest BCUT2D eigenvalue weighted by Gasteiger charge is -2.33. The third kappa shape index (κ3) is 5.14. The van der Waals surface area contributed by atoms with Gasteiger partial charge in [0.2, 0.25) is 15.9 Å². The summed E-state index contributed by atoms with van der Waals surface area (Å²) in [6.07, 6.45) is 0. The summed E-state index contributed by atoms with van der Waals surface area (Å²) in [6.45, 7) is 2.95. The summed E-state index contributed by atoms with van der Waals surface area (Å²) in [6, 6.07) is 13.1. The Bertz CT molecular complexity index is 1000. The molecule has 7 nitrogen and oxygen atoms in total. The summed E-state index contributed by atoms with van der Waals surface area (Å²) in [7, 11) is -3.74. The lowest BCUT2D eigenvalue weighted by molar-refractivity contribution is -0.129. The van der Waals surface area contributed by atoms with Crippen molar-refractivity contribution < 1.29 is 18.0 Å². The summed E-state index contributed by atoms with van der Waals surface area (Å²) >= 11 is 5.85. The number of hydrogen-bond acceptors (Lipinski definition) is 4. The molecule has 0 aliphatic carbocycles. The van der Waals surface area contributed by atoms with E-state index < -0.39 is 10.0 Å². The van der Waals surface area contributed by atoms with E-state index in [0.717, 1.165) is 5.56 Å². The monoisotopic (exact) mass is 435 g/mol. The third-order valence-electron chi connectivity index (χ3n) is 4.78. The first-order chi connectivity index (χ1) is 13.8. The quantitative estimate of drug-likeness (QED) is 0.779. The molecule has 1 heterocycles. The average Bonchev–Trinajstić information content (AvgIpc) is 2.73. The fraction of sp³-hybridized carbons (Fsp3) is 0.300. The van der Waals surface area contributed by atoms with Gasteiger partial charge in [0.15, 0.2) is 0 Å². The van der Waals surface area contributed by atoms with E-state index in [4.69, 9.17) is 11.6 Å². The van der Waals surface area contributed by atoms with E-state index in [1.807, 2.05) is 12.1 Å². The van der Waals surface area contributed by atoms with Gasteiger partial charge in [-0.15, -0.1) is 0 Å². The van der Waals surface area contributed by atoms with Crippen LogP contribution in [0.25, 0.3) is 0 Å². The molecular weight excluding hydrogens is 414 g/mol. The molecule has 0 saturated carbocycles. The van der Waals surface area contributed by atoms with Crippen LogP contribution in [-0.2, 0) is 21.4 Å². The molecule has 154 valence electrons. The van der Waals surface area contributed by atoms with E-state index in [0.29, 0.717) is 24.7 Å². The number of amides is 2. The number of nitrogens with zero attached hydrogens (tertiary/aromatic N) is 2. The Balaban J connectivity index is 1.68. The van der Waals surface area contributed by atoms with Crippen molar-refractivity contribution in [3.05, 3.63) is 64.7 Å². The van der Waals surface area contributed by atoms with Gasteiger partial charge in [0.05, 0.1) is 4.90 Å². The average molecular weight is 436 g/mol. The lowest BCUT2D eigenvalue weighted by atomic mass is 10.2. The van der Waals surface area contributed by atoms with Crippen LogP contribution in [-0.4, -0.2) is 55.6 Å². The Morgan fingerprint density at radius 3 is 2.31 bits per heavy atom. The highest BCUT2D eigenvalue weighted by atomic mass is 35.5. The molecular formula is C20H22ClN3O4S. The summed E-state index contributed by atoms with van der Waals surface area (Å²) < 4.78 is 27.2. The number of halogens is 1. The van der Waals surface area contributed by atoms with E-state index in [2.05, 4.69) is 5.32 Å². The summed E-state index contributed by atoms with van der Waals surface area (Å²) in [4.78, 5) is 25.6. The van der Waals surface area contributed by atoms with E-state index in [9.17, 15) is 18.0 Å². The number of carbonyl (C=O) groups is 2. The number of rotatable bonds is 5. The molecule has 0 spiro atoms. The van der Waals surface area contributed by atoms with Crippen LogP contribution < -0.4 is 5.32 Å². The zero-order valence-electron chi connectivity index (χ0n) is 16.0. The van der Waals surface area contributed by atoms with Gasteiger partial charge in [0, 0.05) is 50.2 Å². The van der Waals surface area contributed by atoms with Gasteiger partial charge in [0.1, 0.15) is 0 Å². The van der Waals surface area contributed by atoms with Crippen LogP contribution in [0.15, 0.2) is 53.4 Å². The second-order valence-corrected chi connectivity index (χ2v) is 9.12. The largest absolute Gasteiger partial charge is 0.348 e. The van der Waals surface area contributed by atoms with Crippen molar-refractivity contribution >= 4 is 33.4 Å². The minimum atomic E-state index is -3.74. The molecule has 1 fully saturated rings. The fourth-order valence-electron chi connectivity index (χ4n) is 3.08. The van der Waals surface area contributed by atoms with Gasteiger partial charge in [-0.2, -0.15) is 4.31 Å². The number of piperazine rings is 1. The van der Waals surface area contributed by atoms with Crippen LogP contribution in [0.4, 0.5) is 0 Å². The molecule has 0 unspecified atom stereocenters. The second kappa shape index (κ2) is 8.94. The number of nitrogens with one attached hydrogen (secondary N) is 1. The summed E-state index contributed by atoms with van der Waals surface area (Å²) in [5, 5.41) is 3.39. The normalized spacial score (nSPS) is 15.2. The highest BCUT2D eigenvalue weighted by Crippen LogP contribution is 2.19. The van der Waals surface area contributed by atoms with Gasteiger partial charge >= 0.3 is 0 Å². The molecule has 0 bridgehead atoms. The minimum absolute atomic E-state index is 0.0629. The predicted molar refractivity (Wildman–Crippen MR) is 110 cm³/mol. The highest BCUT2D eigenvalue weighted by molar-refractivity contribution is 7.89. The van der Waals surface area contributed by atoms with Gasteiger partial charge < -0.3 is 10.2 Å². The molecule has 2 aromatic rings. The molecule has 3 rings (SSSR count). The van der Waals surface area contributed by atoms with Crippen molar-refractivity contribution in [3.8, 4) is 0 Å². The molecule has 0 radical (unpaired) electrons. The molecule has 1 aliphatic rings. The molecule has 1 aliphatic heterocycles. The van der Waals surface area contributed by atoms with Gasteiger partial charge in [-0.25, -0.2) is 8.42 Å². The van der Waals surface area contributed by atoms with Crippen molar-refractivity contribution in [2.45, 2.75) is 18.4 Å². The number of benzene rings is 2. The Morgan fingerprint density at radius 1 is 1.03 bits per heavy atom. The van der Waals surface area contributed by atoms with Gasteiger partial charge in [-0.05, 0) is 35.9 Å². The maximum atomic E-state index is 12.9. The highest BCUT2D eigenvalue weighted by Gasteiger charge is 2.29. The van der Waals surface area contributed by atoms with Crippen LogP contribution in [0, 0.1) is 0 Å². The molecule has 0 aromatic heterocycles. The Hall–Kier alpha value is -2.42. The number of sulfonamides is 1. The van der Waals surface area contributed by atoms with E-state index >= 15 is 0 Å². The van der Waals surface area contributed by atoms with E-state index in [1.165, 1.54) is 23.4 Å². The van der Waals surface area contributed by atoms with Crippen molar-refractivity contribution in [2.24, 2.45) is 0 Å². The van der Waals surface area contributed by atoms with Crippen molar-refractivity contribution in [3.63, 3.8) is 0 Å². The van der Waals surface area contributed by atoms with Crippen LogP contribution in [0.2, 0.25) is 5.02 Å². The lowest BCUT2D eigenvalue weighted by Crippen LogP contribution is -2.49. The third-order valence-corrected chi connectivity index (χ3v) is 6.93. The molecule has 1 saturated heterocycles. The predicted octanol–water partition coefficient (Wildman–Crippen LogP) is 2.12. The van der Waals surface area contributed by atoms with Crippen molar-refractivity contribution in [2.75, 3.05) is 26.2 Å².